The molecule has 2 aromatic rings. The van der Waals surface area contributed by atoms with Crippen LogP contribution in [0.25, 0.3) is 5.69 Å². The fourth-order valence-corrected chi connectivity index (χ4v) is 4.33. The largest absolute Gasteiger partial charge is 0.376 e. The maximum absolute atomic E-state index is 5.91. The number of rotatable bonds is 4. The van der Waals surface area contributed by atoms with Crippen LogP contribution in [0.15, 0.2) is 36.7 Å². The molecule has 2 aliphatic heterocycles. The third-order valence-electron chi connectivity index (χ3n) is 5.58. The van der Waals surface area contributed by atoms with Gasteiger partial charge in [-0.2, -0.15) is 0 Å². The molecule has 2 saturated heterocycles. The Morgan fingerprint density at radius 1 is 1.20 bits per heavy atom. The molecule has 134 valence electrons. The highest BCUT2D eigenvalue weighted by Gasteiger charge is 2.32. The summed E-state index contributed by atoms with van der Waals surface area (Å²) in [5.41, 5.74) is 2.62. The number of nitrogens with zero attached hydrogens (tertiary/aromatic N) is 3. The van der Waals surface area contributed by atoms with Gasteiger partial charge in [-0.25, -0.2) is 4.98 Å². The van der Waals surface area contributed by atoms with E-state index in [-0.39, 0.29) is 5.60 Å². The van der Waals surface area contributed by atoms with Crippen LogP contribution in [0.4, 0.5) is 0 Å². The van der Waals surface area contributed by atoms with Crippen molar-refractivity contribution in [2.24, 2.45) is 0 Å². The molecular formula is C21H29N3O. The summed E-state index contributed by atoms with van der Waals surface area (Å²) in [6, 6.07) is 8.80. The van der Waals surface area contributed by atoms with Crippen LogP contribution >= 0.6 is 0 Å². The number of aromatic nitrogens is 2. The van der Waals surface area contributed by atoms with Crippen molar-refractivity contribution in [1.29, 1.82) is 0 Å². The maximum atomic E-state index is 5.91. The van der Waals surface area contributed by atoms with Gasteiger partial charge >= 0.3 is 0 Å². The van der Waals surface area contributed by atoms with E-state index in [9.17, 15) is 0 Å². The highest BCUT2D eigenvalue weighted by atomic mass is 16.5. The van der Waals surface area contributed by atoms with E-state index in [2.05, 4.69) is 53.8 Å². The fourth-order valence-electron chi connectivity index (χ4n) is 4.33. The van der Waals surface area contributed by atoms with Crippen molar-refractivity contribution in [2.45, 2.75) is 57.6 Å². The first-order valence-corrected chi connectivity index (χ1v) is 9.60. The molecule has 2 aliphatic rings. The molecule has 0 unspecified atom stereocenters. The van der Waals surface area contributed by atoms with E-state index >= 15 is 0 Å². The van der Waals surface area contributed by atoms with Crippen LogP contribution < -0.4 is 0 Å². The van der Waals surface area contributed by atoms with Crippen LogP contribution in [0.3, 0.4) is 0 Å². The van der Waals surface area contributed by atoms with Gasteiger partial charge in [0.2, 0.25) is 0 Å². The zero-order chi connectivity index (χ0) is 17.3. The lowest BCUT2D eigenvalue weighted by Gasteiger charge is -2.35. The van der Waals surface area contributed by atoms with Crippen LogP contribution in [0.5, 0.6) is 0 Å². The van der Waals surface area contributed by atoms with E-state index in [0.717, 1.165) is 26.0 Å². The minimum atomic E-state index is -0.0607. The molecule has 3 heterocycles. The molecule has 0 radical (unpaired) electrons. The Balaban J connectivity index is 1.64. The van der Waals surface area contributed by atoms with Crippen molar-refractivity contribution in [3.8, 4) is 5.69 Å². The van der Waals surface area contributed by atoms with E-state index in [4.69, 9.17) is 9.72 Å². The average Bonchev–Trinajstić information content (AvgIpc) is 3.26. The highest BCUT2D eigenvalue weighted by Crippen LogP contribution is 2.36. The Labute approximate surface area is 150 Å². The van der Waals surface area contributed by atoms with Gasteiger partial charge in [0.15, 0.2) is 0 Å². The Hall–Kier alpha value is -1.65. The number of benzene rings is 1. The van der Waals surface area contributed by atoms with Crippen molar-refractivity contribution in [2.75, 3.05) is 19.7 Å². The topological polar surface area (TPSA) is 30.3 Å². The van der Waals surface area contributed by atoms with Gasteiger partial charge in [0, 0.05) is 31.5 Å². The number of likely N-dealkylation sites (tertiary alicyclic amines) is 1. The molecule has 0 spiro atoms. The standard InChI is InChI=1S/C21H29N3O/c1-21(2)15-17(9-14-25-21)20-22-10-13-24(20)19-8-4-3-7-18(19)16-23-11-5-6-12-23/h3-4,7-8,10,13,17H,5-6,9,11-12,14-16H2,1-2H3/t17-/m1/s1. The van der Waals surface area contributed by atoms with Crippen molar-refractivity contribution in [3.05, 3.63) is 48.0 Å². The third kappa shape index (κ3) is 3.65. The molecule has 0 bridgehead atoms. The van der Waals surface area contributed by atoms with Crippen molar-refractivity contribution in [1.82, 2.24) is 14.5 Å². The summed E-state index contributed by atoms with van der Waals surface area (Å²) in [6.07, 6.45) is 8.81. The zero-order valence-electron chi connectivity index (χ0n) is 15.4. The van der Waals surface area contributed by atoms with E-state index < -0.39 is 0 Å². The second-order valence-electron chi connectivity index (χ2n) is 8.07. The molecule has 25 heavy (non-hydrogen) atoms. The van der Waals surface area contributed by atoms with E-state index in [0.29, 0.717) is 5.92 Å². The van der Waals surface area contributed by atoms with Gasteiger partial charge in [-0.3, -0.25) is 4.90 Å². The molecule has 4 rings (SSSR count). The Morgan fingerprint density at radius 3 is 2.80 bits per heavy atom. The normalized spacial score (nSPS) is 23.8. The van der Waals surface area contributed by atoms with Crippen LogP contribution in [-0.4, -0.2) is 39.7 Å². The number of para-hydroxylation sites is 1. The molecule has 0 N–H and O–H groups in total. The SMILES string of the molecule is CC1(C)C[C@H](c2nccn2-c2ccccc2CN2CCCC2)CCO1. The second-order valence-corrected chi connectivity index (χ2v) is 8.07. The van der Waals surface area contributed by atoms with Gasteiger partial charge in [0.1, 0.15) is 5.82 Å². The van der Waals surface area contributed by atoms with Gasteiger partial charge in [-0.1, -0.05) is 18.2 Å². The minimum absolute atomic E-state index is 0.0607. The molecule has 0 aliphatic carbocycles. The van der Waals surface area contributed by atoms with Crippen molar-refractivity contribution < 1.29 is 4.74 Å². The summed E-state index contributed by atoms with van der Waals surface area (Å²) >= 11 is 0. The smallest absolute Gasteiger partial charge is 0.116 e. The van der Waals surface area contributed by atoms with Gasteiger partial charge in [-0.15, -0.1) is 0 Å². The molecule has 4 heteroatoms. The minimum Gasteiger partial charge on any atom is -0.376 e. The van der Waals surface area contributed by atoms with E-state index in [1.54, 1.807) is 0 Å². The average molecular weight is 339 g/mol. The predicted molar refractivity (Wildman–Crippen MR) is 100 cm³/mol. The summed E-state index contributed by atoms with van der Waals surface area (Å²) in [5.74, 6) is 1.64. The first-order chi connectivity index (χ1) is 12.1. The van der Waals surface area contributed by atoms with Crippen LogP contribution in [-0.2, 0) is 11.3 Å². The monoisotopic (exact) mass is 339 g/mol. The Morgan fingerprint density at radius 2 is 2.00 bits per heavy atom. The first-order valence-electron chi connectivity index (χ1n) is 9.60. The lowest BCUT2D eigenvalue weighted by molar-refractivity contribution is -0.0604. The van der Waals surface area contributed by atoms with Gasteiger partial charge in [0.05, 0.1) is 11.3 Å². The highest BCUT2D eigenvalue weighted by molar-refractivity contribution is 5.42. The molecule has 4 nitrogen and oxygen atoms in total. The fraction of sp³-hybridized carbons (Fsp3) is 0.571. The molecule has 0 saturated carbocycles. The van der Waals surface area contributed by atoms with Crippen LogP contribution in [0.1, 0.15) is 56.8 Å². The third-order valence-corrected chi connectivity index (χ3v) is 5.58. The lowest BCUT2D eigenvalue weighted by Crippen LogP contribution is -2.34. The Kier molecular flexibility index (Phi) is 4.65. The molecule has 0 amide bonds. The van der Waals surface area contributed by atoms with Gasteiger partial charge in [0.25, 0.3) is 0 Å². The van der Waals surface area contributed by atoms with Crippen molar-refractivity contribution in [3.63, 3.8) is 0 Å². The molecule has 1 atom stereocenters. The van der Waals surface area contributed by atoms with E-state index in [1.807, 2.05) is 6.20 Å². The second kappa shape index (κ2) is 6.93. The summed E-state index contributed by atoms with van der Waals surface area (Å²) in [5, 5.41) is 0. The van der Waals surface area contributed by atoms with Crippen LogP contribution in [0.2, 0.25) is 0 Å². The number of imidazole rings is 1. The van der Waals surface area contributed by atoms with Gasteiger partial charge in [-0.05, 0) is 64.3 Å². The molecule has 1 aromatic carbocycles. The summed E-state index contributed by atoms with van der Waals surface area (Å²) < 4.78 is 8.22. The quantitative estimate of drug-likeness (QED) is 0.838. The van der Waals surface area contributed by atoms with Crippen molar-refractivity contribution >= 4 is 0 Å². The predicted octanol–water partition coefficient (Wildman–Crippen LogP) is 4.14. The lowest BCUT2D eigenvalue weighted by atomic mass is 9.87. The number of ether oxygens (including phenoxy) is 1. The van der Waals surface area contributed by atoms with E-state index in [1.165, 1.54) is 43.0 Å². The number of hydrogen-bond acceptors (Lipinski definition) is 3. The maximum Gasteiger partial charge on any atom is 0.116 e. The summed E-state index contributed by atoms with van der Waals surface area (Å²) in [7, 11) is 0. The Bertz CT molecular complexity index is 715. The molecule has 1 aromatic heterocycles. The first kappa shape index (κ1) is 16.8. The summed E-state index contributed by atoms with van der Waals surface area (Å²) in [4.78, 5) is 7.31. The molecule has 2 fully saturated rings. The molecular weight excluding hydrogens is 310 g/mol. The number of hydrogen-bond donors (Lipinski definition) is 0. The zero-order valence-corrected chi connectivity index (χ0v) is 15.4. The van der Waals surface area contributed by atoms with Gasteiger partial charge < -0.3 is 9.30 Å². The summed E-state index contributed by atoms with van der Waals surface area (Å²) in [6.45, 7) is 8.67. The van der Waals surface area contributed by atoms with Crippen LogP contribution in [0, 0.1) is 0 Å².